The molecule has 0 spiro atoms. The van der Waals surface area contributed by atoms with Gasteiger partial charge in [-0.2, -0.15) is 0 Å². The summed E-state index contributed by atoms with van der Waals surface area (Å²) in [6.45, 7) is 17.6. The molecule has 0 radical (unpaired) electrons. The van der Waals surface area contributed by atoms with E-state index in [0.717, 1.165) is 0 Å². The molecule has 0 aliphatic carbocycles. The smallest absolute Gasteiger partial charge is 0.0132 e. The van der Waals surface area contributed by atoms with Crippen molar-refractivity contribution in [3.63, 3.8) is 0 Å². The van der Waals surface area contributed by atoms with E-state index in [9.17, 15) is 0 Å². The standard InChI is InChI=1S/C18H24.C2H6/c1-17(2,3)15-9-7-14-12-16(18(4,5)6)10-8-13(14)11-15;1-2/h7-12H,1-6H3;1-2H3. The molecule has 110 valence electrons. The van der Waals surface area contributed by atoms with Gasteiger partial charge in [-0.1, -0.05) is 91.8 Å². The zero-order chi connectivity index (χ0) is 15.6. The molecular weight excluding hydrogens is 240 g/mol. The zero-order valence-corrected chi connectivity index (χ0v) is 14.5. The Bertz CT molecular complexity index is 509. The second kappa shape index (κ2) is 5.99. The van der Waals surface area contributed by atoms with E-state index >= 15 is 0 Å². The minimum atomic E-state index is 0.219. The summed E-state index contributed by atoms with van der Waals surface area (Å²) in [5.41, 5.74) is 3.24. The van der Waals surface area contributed by atoms with Crippen LogP contribution in [0, 0.1) is 0 Å². The Morgan fingerprint density at radius 1 is 0.550 bits per heavy atom. The fourth-order valence-electron chi connectivity index (χ4n) is 2.18. The van der Waals surface area contributed by atoms with Gasteiger partial charge in [0.2, 0.25) is 0 Å². The molecule has 0 nitrogen and oxygen atoms in total. The third-order valence-electron chi connectivity index (χ3n) is 3.57. The van der Waals surface area contributed by atoms with Gasteiger partial charge in [-0.25, -0.2) is 0 Å². The highest BCUT2D eigenvalue weighted by Crippen LogP contribution is 2.29. The topological polar surface area (TPSA) is 0 Å². The third-order valence-corrected chi connectivity index (χ3v) is 3.57. The van der Waals surface area contributed by atoms with Gasteiger partial charge >= 0.3 is 0 Å². The first-order chi connectivity index (χ1) is 9.18. The van der Waals surface area contributed by atoms with Gasteiger partial charge in [0.1, 0.15) is 0 Å². The van der Waals surface area contributed by atoms with E-state index in [-0.39, 0.29) is 10.8 Å². The van der Waals surface area contributed by atoms with Crippen LogP contribution in [0.15, 0.2) is 36.4 Å². The van der Waals surface area contributed by atoms with E-state index in [1.54, 1.807) is 0 Å². The molecule has 0 saturated carbocycles. The monoisotopic (exact) mass is 270 g/mol. The number of benzene rings is 2. The average molecular weight is 270 g/mol. The molecule has 0 aromatic heterocycles. The molecule has 0 bridgehead atoms. The second-order valence-electron chi connectivity index (χ2n) is 7.28. The molecule has 0 N–H and O–H groups in total. The molecule has 0 saturated heterocycles. The van der Waals surface area contributed by atoms with Crippen LogP contribution < -0.4 is 0 Å². The number of fused-ring (bicyclic) bond motifs is 1. The summed E-state index contributed by atoms with van der Waals surface area (Å²) in [6, 6.07) is 13.7. The number of hydrogen-bond donors (Lipinski definition) is 0. The van der Waals surface area contributed by atoms with Crippen LogP contribution in [0.3, 0.4) is 0 Å². The van der Waals surface area contributed by atoms with Crippen LogP contribution in [-0.2, 0) is 10.8 Å². The van der Waals surface area contributed by atoms with Crippen LogP contribution in [0.25, 0.3) is 10.8 Å². The van der Waals surface area contributed by atoms with Crippen LogP contribution >= 0.6 is 0 Å². The third kappa shape index (κ3) is 3.85. The van der Waals surface area contributed by atoms with E-state index < -0.39 is 0 Å². The Morgan fingerprint density at radius 3 is 1.10 bits per heavy atom. The van der Waals surface area contributed by atoms with Gasteiger partial charge < -0.3 is 0 Å². The minimum Gasteiger partial charge on any atom is -0.0683 e. The molecule has 0 unspecified atom stereocenters. The van der Waals surface area contributed by atoms with Gasteiger partial charge in [-0.15, -0.1) is 0 Å². The highest BCUT2D eigenvalue weighted by Gasteiger charge is 2.16. The van der Waals surface area contributed by atoms with E-state index in [0.29, 0.717) is 0 Å². The fraction of sp³-hybridized carbons (Fsp3) is 0.500. The lowest BCUT2D eigenvalue weighted by molar-refractivity contribution is 0.589. The average Bonchev–Trinajstić information content (AvgIpc) is 2.37. The van der Waals surface area contributed by atoms with Crippen molar-refractivity contribution in [1.82, 2.24) is 0 Å². The van der Waals surface area contributed by atoms with E-state index in [1.165, 1.54) is 21.9 Å². The van der Waals surface area contributed by atoms with Crippen LogP contribution in [0.5, 0.6) is 0 Å². The maximum absolute atomic E-state index is 2.32. The molecule has 2 aromatic carbocycles. The number of rotatable bonds is 0. The minimum absolute atomic E-state index is 0.219. The molecule has 0 heterocycles. The maximum atomic E-state index is 2.32. The van der Waals surface area contributed by atoms with Gasteiger partial charge in [0.25, 0.3) is 0 Å². The fourth-order valence-corrected chi connectivity index (χ4v) is 2.18. The molecule has 20 heavy (non-hydrogen) atoms. The van der Waals surface area contributed by atoms with Gasteiger partial charge in [-0.05, 0) is 32.7 Å². The van der Waals surface area contributed by atoms with Crippen molar-refractivity contribution in [3.8, 4) is 0 Å². The molecule has 0 atom stereocenters. The van der Waals surface area contributed by atoms with Crippen LogP contribution in [-0.4, -0.2) is 0 Å². The second-order valence-corrected chi connectivity index (χ2v) is 7.28. The highest BCUT2D eigenvalue weighted by atomic mass is 14.2. The summed E-state index contributed by atoms with van der Waals surface area (Å²) < 4.78 is 0. The first-order valence-electron chi connectivity index (χ1n) is 7.73. The maximum Gasteiger partial charge on any atom is -0.0132 e. The predicted molar refractivity (Wildman–Crippen MR) is 92.7 cm³/mol. The first kappa shape index (κ1) is 16.8. The summed E-state index contributed by atoms with van der Waals surface area (Å²) in [4.78, 5) is 0. The summed E-state index contributed by atoms with van der Waals surface area (Å²) in [7, 11) is 0. The summed E-state index contributed by atoms with van der Waals surface area (Å²) in [5.74, 6) is 0. The van der Waals surface area contributed by atoms with Gasteiger partial charge in [0.15, 0.2) is 0 Å². The van der Waals surface area contributed by atoms with Crippen LogP contribution in [0.2, 0.25) is 0 Å². The first-order valence-corrected chi connectivity index (χ1v) is 7.73. The normalized spacial score (nSPS) is 12.0. The van der Waals surface area contributed by atoms with Gasteiger partial charge in [0, 0.05) is 0 Å². The highest BCUT2D eigenvalue weighted by molar-refractivity contribution is 5.84. The van der Waals surface area contributed by atoms with Crippen molar-refractivity contribution in [2.24, 2.45) is 0 Å². The zero-order valence-electron chi connectivity index (χ0n) is 14.5. The van der Waals surface area contributed by atoms with Crippen molar-refractivity contribution >= 4 is 10.8 Å². The van der Waals surface area contributed by atoms with Crippen molar-refractivity contribution in [2.75, 3.05) is 0 Å². The summed E-state index contributed by atoms with van der Waals surface area (Å²) in [5, 5.41) is 2.69. The molecule has 0 heteroatoms. The van der Waals surface area contributed by atoms with Crippen molar-refractivity contribution < 1.29 is 0 Å². The molecule has 0 aliphatic rings. The SMILES string of the molecule is CC.CC(C)(C)c1ccc2cc(C(C)(C)C)ccc2c1. The molecule has 2 aromatic rings. The summed E-state index contributed by atoms with van der Waals surface area (Å²) in [6.07, 6.45) is 0. The quantitative estimate of drug-likeness (QED) is 0.515. The van der Waals surface area contributed by atoms with Crippen molar-refractivity contribution in [3.05, 3.63) is 47.5 Å². The molecule has 2 rings (SSSR count). The molecule has 0 fully saturated rings. The molecule has 0 amide bonds. The largest absolute Gasteiger partial charge is 0.0683 e. The molecular formula is C20H30. The lowest BCUT2D eigenvalue weighted by atomic mass is 9.83. The van der Waals surface area contributed by atoms with Crippen molar-refractivity contribution in [1.29, 1.82) is 0 Å². The van der Waals surface area contributed by atoms with E-state index in [1.807, 2.05) is 13.8 Å². The lowest BCUT2D eigenvalue weighted by Crippen LogP contribution is -2.11. The Kier molecular flexibility index (Phi) is 5.02. The van der Waals surface area contributed by atoms with Crippen LogP contribution in [0.1, 0.15) is 66.5 Å². The predicted octanol–water partition coefficient (Wildman–Crippen LogP) is 6.46. The summed E-state index contributed by atoms with van der Waals surface area (Å²) >= 11 is 0. The van der Waals surface area contributed by atoms with E-state index in [4.69, 9.17) is 0 Å². The Hall–Kier alpha value is -1.30. The van der Waals surface area contributed by atoms with E-state index in [2.05, 4.69) is 77.9 Å². The Morgan fingerprint density at radius 2 is 0.850 bits per heavy atom. The number of hydrogen-bond acceptors (Lipinski definition) is 0. The van der Waals surface area contributed by atoms with Crippen molar-refractivity contribution in [2.45, 2.75) is 66.2 Å². The lowest BCUT2D eigenvalue weighted by Gasteiger charge is -2.21. The van der Waals surface area contributed by atoms with Gasteiger partial charge in [-0.3, -0.25) is 0 Å². The Labute approximate surface area is 125 Å². The van der Waals surface area contributed by atoms with Crippen LogP contribution in [0.4, 0.5) is 0 Å². The molecule has 0 aliphatic heterocycles. The van der Waals surface area contributed by atoms with Gasteiger partial charge in [0.05, 0.1) is 0 Å². The Balaban J connectivity index is 0.000000956.